The number of H-pyrrole nitrogens is 1. The Morgan fingerprint density at radius 3 is 1.84 bits per heavy atom. The van der Waals surface area contributed by atoms with Gasteiger partial charge in [0.15, 0.2) is 0 Å². The number of nitrogens with two attached hydrogens (primary N) is 1. The first-order valence-electron chi connectivity index (χ1n) is 16.3. The Bertz CT molecular complexity index is 1390. The van der Waals surface area contributed by atoms with Gasteiger partial charge in [-0.3, -0.25) is 24.0 Å². The minimum atomic E-state index is -1.27. The SMILES string of the molecule is CC[C@H](C)[C@H](NC(=O)[C@H](C)NC(=O)[C@@H](NC(=O)[C@@H](N)CS)[C@@H](C)CC)C(=O)N[C@@H](Cc1cnc[nH]1)C(=O)N[C@@H](Cc1ccccc1)C(=O)O. The third-order valence-corrected chi connectivity index (χ3v) is 8.77. The van der Waals surface area contributed by atoms with Crippen molar-refractivity contribution in [1.82, 2.24) is 36.6 Å². The molecule has 2 aromatic rings. The molecule has 9 N–H and O–H groups in total. The Balaban J connectivity index is 2.21. The second-order valence-electron chi connectivity index (χ2n) is 12.2. The molecule has 270 valence electrons. The van der Waals surface area contributed by atoms with E-state index in [2.05, 4.69) is 49.2 Å². The van der Waals surface area contributed by atoms with Gasteiger partial charge in [-0.15, -0.1) is 0 Å². The number of amides is 5. The topological polar surface area (TPSA) is 237 Å². The standard InChI is InChI=1S/C33H50N8O7S/c1-6-18(3)26(41-29(43)23(34)16-49)31(45)37-20(5)28(42)40-27(19(4)7-2)32(46)38-24(14-22-15-35-17-36-22)30(44)39-25(33(47)48)13-21-11-9-8-10-12-21/h8-12,15,17-20,23-27,49H,6-7,13-14,16,34H2,1-5H3,(H,35,36)(H,37,45)(H,38,46)(H,39,44)(H,40,42)(H,41,43)(H,47,48)/t18-,19-,20-,23-,24-,25-,26-,27-/m0/s1. The molecule has 5 amide bonds. The number of imidazole rings is 1. The normalized spacial score (nSPS) is 16.0. The van der Waals surface area contributed by atoms with Crippen molar-refractivity contribution in [3.8, 4) is 0 Å². The number of carbonyl (C=O) groups excluding carboxylic acids is 5. The fraction of sp³-hybridized carbons (Fsp3) is 0.545. The first-order valence-corrected chi connectivity index (χ1v) is 17.0. The van der Waals surface area contributed by atoms with Crippen LogP contribution in [0.1, 0.15) is 58.7 Å². The molecule has 0 bridgehead atoms. The summed E-state index contributed by atoms with van der Waals surface area (Å²) in [6, 6.07) is 2.19. The van der Waals surface area contributed by atoms with Gasteiger partial charge in [0, 0.05) is 30.5 Å². The monoisotopic (exact) mass is 702 g/mol. The lowest BCUT2D eigenvalue weighted by Crippen LogP contribution is -2.60. The zero-order valence-electron chi connectivity index (χ0n) is 28.6. The van der Waals surface area contributed by atoms with Gasteiger partial charge < -0.3 is 42.4 Å². The first kappa shape index (κ1) is 40.7. The first-order chi connectivity index (χ1) is 23.2. The number of hydrogen-bond acceptors (Lipinski definition) is 9. The van der Waals surface area contributed by atoms with E-state index in [1.54, 1.807) is 44.2 Å². The van der Waals surface area contributed by atoms with Gasteiger partial charge >= 0.3 is 5.97 Å². The van der Waals surface area contributed by atoms with Crippen molar-refractivity contribution in [3.05, 3.63) is 54.1 Å². The average molecular weight is 703 g/mol. The molecule has 15 nitrogen and oxygen atoms in total. The van der Waals surface area contributed by atoms with Crippen molar-refractivity contribution in [2.24, 2.45) is 17.6 Å². The predicted molar refractivity (Wildman–Crippen MR) is 186 cm³/mol. The maximum Gasteiger partial charge on any atom is 0.326 e. The van der Waals surface area contributed by atoms with Crippen molar-refractivity contribution < 1.29 is 33.9 Å². The van der Waals surface area contributed by atoms with Crippen LogP contribution in [0.15, 0.2) is 42.9 Å². The Kier molecular flexibility index (Phi) is 16.8. The fourth-order valence-electron chi connectivity index (χ4n) is 4.80. The Morgan fingerprint density at radius 1 is 0.776 bits per heavy atom. The molecule has 0 aliphatic rings. The summed E-state index contributed by atoms with van der Waals surface area (Å²) in [5, 5.41) is 23.0. The number of aromatic amines is 1. The molecule has 0 spiro atoms. The molecule has 1 heterocycles. The Labute approximate surface area is 292 Å². The maximum atomic E-state index is 13.7. The molecule has 0 saturated carbocycles. The maximum absolute atomic E-state index is 13.7. The highest BCUT2D eigenvalue weighted by Crippen LogP contribution is 2.12. The van der Waals surface area contributed by atoms with Crippen LogP contribution >= 0.6 is 12.6 Å². The smallest absolute Gasteiger partial charge is 0.326 e. The number of aliphatic carboxylic acids is 1. The molecule has 0 aliphatic heterocycles. The van der Waals surface area contributed by atoms with Crippen LogP contribution in [0.2, 0.25) is 0 Å². The van der Waals surface area contributed by atoms with Crippen molar-refractivity contribution in [2.75, 3.05) is 5.75 Å². The molecule has 1 aromatic heterocycles. The number of hydrogen-bond donors (Lipinski definition) is 9. The highest BCUT2D eigenvalue weighted by atomic mass is 32.1. The Hall–Kier alpha value is -4.44. The summed E-state index contributed by atoms with van der Waals surface area (Å²) in [5.41, 5.74) is 6.97. The van der Waals surface area contributed by atoms with Crippen LogP contribution in [0.25, 0.3) is 0 Å². The van der Waals surface area contributed by atoms with Crippen molar-refractivity contribution in [2.45, 2.75) is 96.6 Å². The minimum absolute atomic E-state index is 0.0192. The van der Waals surface area contributed by atoms with Crippen molar-refractivity contribution in [1.29, 1.82) is 0 Å². The van der Waals surface area contributed by atoms with Crippen LogP contribution in [-0.4, -0.2) is 92.6 Å². The van der Waals surface area contributed by atoms with E-state index in [4.69, 9.17) is 5.73 Å². The highest BCUT2D eigenvalue weighted by Gasteiger charge is 2.34. The van der Waals surface area contributed by atoms with Gasteiger partial charge in [0.05, 0.1) is 12.4 Å². The van der Waals surface area contributed by atoms with Crippen LogP contribution in [0.3, 0.4) is 0 Å². The Morgan fingerprint density at radius 2 is 1.33 bits per heavy atom. The molecular formula is C33H50N8O7S. The van der Waals surface area contributed by atoms with Gasteiger partial charge in [0.2, 0.25) is 29.5 Å². The average Bonchev–Trinajstić information content (AvgIpc) is 3.60. The lowest BCUT2D eigenvalue weighted by molar-refractivity contribution is -0.142. The second kappa shape index (κ2) is 20.2. The number of thiol groups is 1. The van der Waals surface area contributed by atoms with E-state index >= 15 is 0 Å². The van der Waals surface area contributed by atoms with E-state index in [1.165, 1.54) is 19.4 Å². The molecule has 0 aliphatic carbocycles. The number of aromatic nitrogens is 2. The summed E-state index contributed by atoms with van der Waals surface area (Å²) >= 11 is 4.03. The molecular weight excluding hydrogens is 652 g/mol. The number of carboxylic acid groups (broad SMARTS) is 1. The van der Waals surface area contributed by atoms with Gasteiger partial charge in [0.25, 0.3) is 0 Å². The van der Waals surface area contributed by atoms with Gasteiger partial charge in [0.1, 0.15) is 30.2 Å². The molecule has 2 rings (SSSR count). The summed E-state index contributed by atoms with van der Waals surface area (Å²) in [5.74, 6) is -5.08. The molecule has 0 unspecified atom stereocenters. The van der Waals surface area contributed by atoms with E-state index in [1.807, 2.05) is 13.8 Å². The number of carboxylic acids is 1. The molecule has 49 heavy (non-hydrogen) atoms. The summed E-state index contributed by atoms with van der Waals surface area (Å²) in [6.45, 7) is 8.65. The quantitative estimate of drug-likeness (QED) is 0.0848. The van der Waals surface area contributed by atoms with Crippen LogP contribution in [0.5, 0.6) is 0 Å². The molecule has 1 aromatic carbocycles. The van der Waals surface area contributed by atoms with E-state index in [-0.39, 0.29) is 24.5 Å². The van der Waals surface area contributed by atoms with E-state index in [0.717, 1.165) is 0 Å². The van der Waals surface area contributed by atoms with Gasteiger partial charge in [-0.2, -0.15) is 12.6 Å². The van der Waals surface area contributed by atoms with Crippen LogP contribution in [0, 0.1) is 11.8 Å². The summed E-state index contributed by atoms with van der Waals surface area (Å²) in [7, 11) is 0. The lowest BCUT2D eigenvalue weighted by Gasteiger charge is -2.29. The summed E-state index contributed by atoms with van der Waals surface area (Å²) in [4.78, 5) is 85.1. The lowest BCUT2D eigenvalue weighted by atomic mass is 9.96. The van der Waals surface area contributed by atoms with Crippen molar-refractivity contribution >= 4 is 48.1 Å². The van der Waals surface area contributed by atoms with Crippen molar-refractivity contribution in [3.63, 3.8) is 0 Å². The van der Waals surface area contributed by atoms with Gasteiger partial charge in [-0.1, -0.05) is 70.9 Å². The number of nitrogens with one attached hydrogen (secondary N) is 6. The second-order valence-corrected chi connectivity index (χ2v) is 12.6. The van der Waals surface area contributed by atoms with E-state index < -0.39 is 77.7 Å². The summed E-state index contributed by atoms with van der Waals surface area (Å²) < 4.78 is 0. The summed E-state index contributed by atoms with van der Waals surface area (Å²) in [6.07, 6.45) is 3.89. The third kappa shape index (κ3) is 12.8. The number of benzene rings is 1. The van der Waals surface area contributed by atoms with Gasteiger partial charge in [-0.25, -0.2) is 9.78 Å². The molecule has 0 radical (unpaired) electrons. The molecule has 0 saturated heterocycles. The number of rotatable bonds is 20. The number of carbonyl (C=O) groups is 6. The van der Waals surface area contributed by atoms with Crippen LogP contribution in [-0.2, 0) is 41.6 Å². The molecule has 8 atom stereocenters. The van der Waals surface area contributed by atoms with Gasteiger partial charge in [-0.05, 0) is 24.3 Å². The molecule has 0 fully saturated rings. The minimum Gasteiger partial charge on any atom is -0.480 e. The highest BCUT2D eigenvalue weighted by molar-refractivity contribution is 7.80. The zero-order valence-corrected chi connectivity index (χ0v) is 29.5. The molecule has 16 heteroatoms. The largest absolute Gasteiger partial charge is 0.480 e. The van der Waals surface area contributed by atoms with Crippen LogP contribution in [0.4, 0.5) is 0 Å². The van der Waals surface area contributed by atoms with E-state index in [9.17, 15) is 33.9 Å². The fourth-order valence-corrected chi connectivity index (χ4v) is 4.97. The predicted octanol–water partition coefficient (Wildman–Crippen LogP) is 0.0727. The number of nitrogens with zero attached hydrogens (tertiary/aromatic N) is 1. The third-order valence-electron chi connectivity index (χ3n) is 8.38. The zero-order chi connectivity index (χ0) is 36.7. The van der Waals surface area contributed by atoms with Crippen LogP contribution < -0.4 is 32.3 Å². The van der Waals surface area contributed by atoms with E-state index in [0.29, 0.717) is 24.1 Å².